The number of carboxylic acid groups (broad SMARTS) is 1. The average molecular weight is 151 g/mol. The van der Waals surface area contributed by atoms with E-state index in [0.717, 1.165) is 0 Å². The van der Waals surface area contributed by atoms with Gasteiger partial charge in [0.05, 0.1) is 12.7 Å². The lowest BCUT2D eigenvalue weighted by Gasteiger charge is -1.97. The van der Waals surface area contributed by atoms with Crippen LogP contribution in [0.15, 0.2) is 0 Å². The molecular formula is C5H7ClO3. The molecule has 2 unspecified atom stereocenters. The molecule has 4 heteroatoms. The number of epoxide rings is 1. The number of hydrogen-bond acceptors (Lipinski definition) is 2. The topological polar surface area (TPSA) is 49.8 Å². The van der Waals surface area contributed by atoms with Crippen molar-refractivity contribution in [1.29, 1.82) is 0 Å². The van der Waals surface area contributed by atoms with Crippen molar-refractivity contribution in [3.63, 3.8) is 0 Å². The van der Waals surface area contributed by atoms with Gasteiger partial charge in [0.1, 0.15) is 5.38 Å². The lowest BCUT2D eigenvalue weighted by Crippen LogP contribution is -2.15. The molecule has 1 fully saturated rings. The van der Waals surface area contributed by atoms with Crippen LogP contribution in [0.3, 0.4) is 0 Å². The van der Waals surface area contributed by atoms with Crippen LogP contribution < -0.4 is 0 Å². The van der Waals surface area contributed by atoms with Gasteiger partial charge in [-0.2, -0.15) is 0 Å². The van der Waals surface area contributed by atoms with Crippen molar-refractivity contribution >= 4 is 17.6 Å². The number of aliphatic carboxylic acids is 1. The Morgan fingerprint density at radius 2 is 2.56 bits per heavy atom. The number of carboxylic acids is 1. The largest absolute Gasteiger partial charge is 0.480 e. The molecule has 1 N–H and O–H groups in total. The first-order valence-corrected chi connectivity index (χ1v) is 3.12. The monoisotopic (exact) mass is 150 g/mol. The van der Waals surface area contributed by atoms with E-state index in [1.165, 1.54) is 0 Å². The van der Waals surface area contributed by atoms with Gasteiger partial charge in [0.2, 0.25) is 0 Å². The van der Waals surface area contributed by atoms with E-state index in [-0.39, 0.29) is 6.10 Å². The summed E-state index contributed by atoms with van der Waals surface area (Å²) in [5.41, 5.74) is 0. The van der Waals surface area contributed by atoms with Crippen LogP contribution in [-0.4, -0.2) is 29.2 Å². The highest BCUT2D eigenvalue weighted by molar-refractivity contribution is 6.29. The fourth-order valence-corrected chi connectivity index (χ4v) is 0.734. The smallest absolute Gasteiger partial charge is 0.321 e. The van der Waals surface area contributed by atoms with Gasteiger partial charge in [0.15, 0.2) is 0 Å². The molecule has 1 aliphatic heterocycles. The maximum atomic E-state index is 10.1. The summed E-state index contributed by atoms with van der Waals surface area (Å²) < 4.78 is 4.78. The zero-order chi connectivity index (χ0) is 6.85. The van der Waals surface area contributed by atoms with Gasteiger partial charge in [-0.05, 0) is 0 Å². The van der Waals surface area contributed by atoms with Crippen LogP contribution in [0.25, 0.3) is 0 Å². The minimum Gasteiger partial charge on any atom is -0.480 e. The SMILES string of the molecule is O=C(O)C(Cl)CC1CO1. The molecule has 0 aliphatic carbocycles. The Balaban J connectivity index is 2.16. The van der Waals surface area contributed by atoms with Gasteiger partial charge in [0.25, 0.3) is 0 Å². The second kappa shape index (κ2) is 2.54. The van der Waals surface area contributed by atoms with E-state index in [4.69, 9.17) is 21.4 Å². The molecule has 0 amide bonds. The molecular weight excluding hydrogens is 144 g/mol. The lowest BCUT2D eigenvalue weighted by molar-refractivity contribution is -0.136. The van der Waals surface area contributed by atoms with Crippen molar-refractivity contribution in [2.24, 2.45) is 0 Å². The van der Waals surface area contributed by atoms with E-state index in [1.54, 1.807) is 0 Å². The van der Waals surface area contributed by atoms with E-state index < -0.39 is 11.3 Å². The van der Waals surface area contributed by atoms with Crippen LogP contribution in [0.1, 0.15) is 6.42 Å². The van der Waals surface area contributed by atoms with Crippen LogP contribution in [0.2, 0.25) is 0 Å². The van der Waals surface area contributed by atoms with Crippen molar-refractivity contribution in [2.75, 3.05) is 6.61 Å². The van der Waals surface area contributed by atoms with Crippen LogP contribution in [-0.2, 0) is 9.53 Å². The van der Waals surface area contributed by atoms with E-state index in [9.17, 15) is 4.79 Å². The molecule has 0 aromatic carbocycles. The van der Waals surface area contributed by atoms with Crippen LogP contribution >= 0.6 is 11.6 Å². The van der Waals surface area contributed by atoms with Gasteiger partial charge in [-0.25, -0.2) is 0 Å². The molecule has 2 atom stereocenters. The van der Waals surface area contributed by atoms with E-state index in [0.29, 0.717) is 13.0 Å². The molecule has 1 saturated heterocycles. The number of halogens is 1. The molecule has 0 bridgehead atoms. The third-order valence-electron chi connectivity index (χ3n) is 1.14. The molecule has 52 valence electrons. The minimum atomic E-state index is -0.966. The maximum absolute atomic E-state index is 10.1. The van der Waals surface area contributed by atoms with Gasteiger partial charge in [-0.15, -0.1) is 11.6 Å². The fraction of sp³-hybridized carbons (Fsp3) is 0.800. The zero-order valence-corrected chi connectivity index (χ0v) is 5.47. The van der Waals surface area contributed by atoms with Crippen LogP contribution in [0.5, 0.6) is 0 Å². The summed E-state index contributed by atoms with van der Waals surface area (Å²) in [4.78, 5) is 10.1. The Hall–Kier alpha value is -0.280. The first-order valence-electron chi connectivity index (χ1n) is 2.68. The van der Waals surface area contributed by atoms with E-state index in [1.807, 2.05) is 0 Å². The molecule has 0 radical (unpaired) electrons. The Morgan fingerprint density at radius 1 is 2.00 bits per heavy atom. The third kappa shape index (κ3) is 2.20. The molecule has 0 spiro atoms. The average Bonchev–Trinajstić information content (AvgIpc) is 2.50. The Labute approximate surface area is 57.6 Å². The Bertz CT molecular complexity index is 121. The number of carbonyl (C=O) groups is 1. The predicted molar refractivity (Wildman–Crippen MR) is 31.6 cm³/mol. The quantitative estimate of drug-likeness (QED) is 0.470. The van der Waals surface area contributed by atoms with Gasteiger partial charge in [0, 0.05) is 6.42 Å². The summed E-state index contributed by atoms with van der Waals surface area (Å²) >= 11 is 5.37. The first kappa shape index (κ1) is 6.83. The highest BCUT2D eigenvalue weighted by atomic mass is 35.5. The number of rotatable bonds is 3. The van der Waals surface area contributed by atoms with Gasteiger partial charge >= 0.3 is 5.97 Å². The van der Waals surface area contributed by atoms with E-state index in [2.05, 4.69) is 0 Å². The highest BCUT2D eigenvalue weighted by Gasteiger charge is 2.28. The van der Waals surface area contributed by atoms with Crippen LogP contribution in [0.4, 0.5) is 0 Å². The zero-order valence-electron chi connectivity index (χ0n) is 4.71. The molecule has 0 aromatic heterocycles. The van der Waals surface area contributed by atoms with Crippen molar-refractivity contribution in [2.45, 2.75) is 17.9 Å². The maximum Gasteiger partial charge on any atom is 0.321 e. The fourth-order valence-electron chi connectivity index (χ4n) is 0.536. The predicted octanol–water partition coefficient (Wildman–Crippen LogP) is 0.467. The standard InChI is InChI=1S/C5H7ClO3/c6-4(5(7)8)1-3-2-9-3/h3-4H,1-2H2,(H,7,8). The summed E-state index contributed by atoms with van der Waals surface area (Å²) in [6, 6.07) is 0. The lowest BCUT2D eigenvalue weighted by atomic mass is 10.2. The number of hydrogen-bond donors (Lipinski definition) is 1. The normalized spacial score (nSPS) is 27.4. The molecule has 1 rings (SSSR count). The third-order valence-corrected chi connectivity index (χ3v) is 1.51. The van der Waals surface area contributed by atoms with Crippen molar-refractivity contribution < 1.29 is 14.6 Å². The van der Waals surface area contributed by atoms with E-state index >= 15 is 0 Å². The summed E-state index contributed by atoms with van der Waals surface area (Å²) in [6.07, 6.45) is 0.528. The molecule has 9 heavy (non-hydrogen) atoms. The molecule has 1 heterocycles. The Kier molecular flexibility index (Phi) is 1.93. The summed E-state index contributed by atoms with van der Waals surface area (Å²) in [5.74, 6) is -0.966. The molecule has 0 saturated carbocycles. The summed E-state index contributed by atoms with van der Waals surface area (Å²) in [7, 11) is 0. The van der Waals surface area contributed by atoms with Crippen molar-refractivity contribution in [3.05, 3.63) is 0 Å². The summed E-state index contributed by atoms with van der Waals surface area (Å²) in [6.45, 7) is 0.663. The first-order chi connectivity index (χ1) is 4.20. The van der Waals surface area contributed by atoms with Gasteiger partial charge in [-0.3, -0.25) is 4.79 Å². The molecule has 3 nitrogen and oxygen atoms in total. The number of ether oxygens (including phenoxy) is 1. The molecule has 0 aromatic rings. The molecule has 1 aliphatic rings. The second-order valence-corrected chi connectivity index (χ2v) is 2.52. The number of alkyl halides is 1. The van der Waals surface area contributed by atoms with Crippen molar-refractivity contribution in [1.82, 2.24) is 0 Å². The van der Waals surface area contributed by atoms with Crippen molar-refractivity contribution in [3.8, 4) is 0 Å². The van der Waals surface area contributed by atoms with Crippen LogP contribution in [0, 0.1) is 0 Å². The summed E-state index contributed by atoms with van der Waals surface area (Å²) in [5, 5.41) is 7.49. The Morgan fingerprint density at radius 3 is 2.89 bits per heavy atom. The van der Waals surface area contributed by atoms with Gasteiger partial charge < -0.3 is 9.84 Å². The highest BCUT2D eigenvalue weighted by Crippen LogP contribution is 2.18. The minimum absolute atomic E-state index is 0.101. The van der Waals surface area contributed by atoms with Gasteiger partial charge in [-0.1, -0.05) is 0 Å². The second-order valence-electron chi connectivity index (χ2n) is 2.00.